The van der Waals surface area contributed by atoms with Crippen LogP contribution in [0.2, 0.25) is 0 Å². The largest absolute Gasteiger partial charge is 0.398 e. The second-order valence-electron chi connectivity index (χ2n) is 2.81. The molecule has 0 spiro atoms. The smallest absolute Gasteiger partial charge is 0.0496 e. The van der Waals surface area contributed by atoms with E-state index in [0.717, 1.165) is 24.3 Å². The zero-order chi connectivity index (χ0) is 9.52. The minimum Gasteiger partial charge on any atom is -0.398 e. The molecule has 0 aliphatic heterocycles. The van der Waals surface area contributed by atoms with Crippen molar-refractivity contribution in [3.63, 3.8) is 0 Å². The summed E-state index contributed by atoms with van der Waals surface area (Å²) in [4.78, 5) is 0. The van der Waals surface area contributed by atoms with Crippen LogP contribution in [0.1, 0.15) is 12.0 Å². The molecule has 0 aliphatic rings. The third-order valence-corrected chi connectivity index (χ3v) is 1.78. The first-order chi connectivity index (χ1) is 6.34. The molecule has 0 saturated carbocycles. The Bertz CT molecular complexity index is 281. The van der Waals surface area contributed by atoms with Gasteiger partial charge in [-0.1, -0.05) is 30.4 Å². The van der Waals surface area contributed by atoms with Crippen molar-refractivity contribution in [1.82, 2.24) is 0 Å². The summed E-state index contributed by atoms with van der Waals surface area (Å²) in [5, 5.41) is 0. The Balaban J connectivity index is 2.53. The Morgan fingerprint density at radius 2 is 2.15 bits per heavy atom. The highest BCUT2D eigenvalue weighted by Gasteiger charge is 1.90. The van der Waals surface area contributed by atoms with Crippen molar-refractivity contribution >= 4 is 11.8 Å². The van der Waals surface area contributed by atoms with Crippen LogP contribution in [-0.4, -0.2) is 13.7 Å². The minimum absolute atomic E-state index is 0.753. The van der Waals surface area contributed by atoms with Crippen molar-refractivity contribution in [2.45, 2.75) is 6.42 Å². The van der Waals surface area contributed by atoms with Crippen molar-refractivity contribution in [2.75, 3.05) is 19.5 Å². The number of hydrogen-bond acceptors (Lipinski definition) is 2. The molecule has 0 saturated heterocycles. The number of nitrogens with two attached hydrogens (primary N) is 1. The first-order valence-electron chi connectivity index (χ1n) is 4.34. The third-order valence-electron chi connectivity index (χ3n) is 1.78. The van der Waals surface area contributed by atoms with E-state index in [1.54, 1.807) is 7.11 Å². The standard InChI is InChI=1S/C11H15NO/c1-13-9-5-4-7-10-6-2-3-8-11(10)12/h2-4,6-8H,5,9,12H2,1H3/b7-4+. The van der Waals surface area contributed by atoms with Crippen LogP contribution in [0.25, 0.3) is 6.08 Å². The van der Waals surface area contributed by atoms with E-state index >= 15 is 0 Å². The van der Waals surface area contributed by atoms with Gasteiger partial charge in [0.15, 0.2) is 0 Å². The van der Waals surface area contributed by atoms with E-state index in [0.29, 0.717) is 0 Å². The molecule has 0 aromatic heterocycles. The number of anilines is 1. The lowest BCUT2D eigenvalue weighted by atomic mass is 10.1. The summed E-state index contributed by atoms with van der Waals surface area (Å²) in [5.74, 6) is 0. The maximum atomic E-state index is 5.75. The van der Waals surface area contributed by atoms with Crippen LogP contribution >= 0.6 is 0 Å². The van der Waals surface area contributed by atoms with E-state index in [2.05, 4.69) is 6.08 Å². The highest BCUT2D eigenvalue weighted by molar-refractivity contribution is 5.63. The minimum atomic E-state index is 0.753. The first-order valence-corrected chi connectivity index (χ1v) is 4.34. The Morgan fingerprint density at radius 1 is 1.38 bits per heavy atom. The summed E-state index contributed by atoms with van der Waals surface area (Å²) in [6.45, 7) is 0.753. The van der Waals surface area contributed by atoms with Crippen LogP contribution in [-0.2, 0) is 4.74 Å². The van der Waals surface area contributed by atoms with Gasteiger partial charge in [0.2, 0.25) is 0 Å². The van der Waals surface area contributed by atoms with E-state index in [4.69, 9.17) is 10.5 Å². The molecular weight excluding hydrogens is 162 g/mol. The maximum absolute atomic E-state index is 5.75. The Hall–Kier alpha value is -1.28. The Morgan fingerprint density at radius 3 is 2.85 bits per heavy atom. The average Bonchev–Trinajstić information content (AvgIpc) is 2.15. The molecule has 0 heterocycles. The SMILES string of the molecule is COCC/C=C/c1ccccc1N. The molecule has 70 valence electrons. The number of methoxy groups -OCH3 is 1. The number of nitrogen functional groups attached to an aromatic ring is 1. The highest BCUT2D eigenvalue weighted by atomic mass is 16.5. The number of para-hydroxylation sites is 1. The number of benzene rings is 1. The molecule has 1 rings (SSSR count). The fourth-order valence-corrected chi connectivity index (χ4v) is 1.06. The van der Waals surface area contributed by atoms with E-state index in [-0.39, 0.29) is 0 Å². The summed E-state index contributed by atoms with van der Waals surface area (Å²) >= 11 is 0. The van der Waals surface area contributed by atoms with Gasteiger partial charge in [0, 0.05) is 19.4 Å². The van der Waals surface area contributed by atoms with Crippen molar-refractivity contribution < 1.29 is 4.74 Å². The maximum Gasteiger partial charge on any atom is 0.0496 e. The van der Waals surface area contributed by atoms with Gasteiger partial charge in [-0.2, -0.15) is 0 Å². The molecule has 1 aromatic rings. The van der Waals surface area contributed by atoms with Crippen LogP contribution in [0, 0.1) is 0 Å². The molecule has 0 atom stereocenters. The first kappa shape index (κ1) is 9.81. The van der Waals surface area contributed by atoms with Gasteiger partial charge in [-0.15, -0.1) is 0 Å². The molecule has 13 heavy (non-hydrogen) atoms. The molecule has 0 amide bonds. The number of rotatable bonds is 4. The normalized spacial score (nSPS) is 10.8. The van der Waals surface area contributed by atoms with Gasteiger partial charge in [0.05, 0.1) is 0 Å². The second kappa shape index (κ2) is 5.38. The second-order valence-corrected chi connectivity index (χ2v) is 2.81. The van der Waals surface area contributed by atoms with Gasteiger partial charge in [-0.05, 0) is 18.1 Å². The summed E-state index contributed by atoms with van der Waals surface area (Å²) in [7, 11) is 1.70. The van der Waals surface area contributed by atoms with Crippen molar-refractivity contribution in [3.05, 3.63) is 35.9 Å². The summed E-state index contributed by atoms with van der Waals surface area (Å²) in [5.41, 5.74) is 7.64. The van der Waals surface area contributed by atoms with Crippen LogP contribution < -0.4 is 5.73 Å². The van der Waals surface area contributed by atoms with Gasteiger partial charge in [0.25, 0.3) is 0 Å². The molecular formula is C11H15NO. The molecule has 0 unspecified atom stereocenters. The number of hydrogen-bond donors (Lipinski definition) is 1. The van der Waals surface area contributed by atoms with Crippen LogP contribution in [0.15, 0.2) is 30.3 Å². The van der Waals surface area contributed by atoms with E-state index in [1.165, 1.54) is 0 Å². The zero-order valence-corrected chi connectivity index (χ0v) is 7.86. The quantitative estimate of drug-likeness (QED) is 0.566. The fraction of sp³-hybridized carbons (Fsp3) is 0.273. The zero-order valence-electron chi connectivity index (χ0n) is 7.86. The number of ether oxygens (including phenoxy) is 1. The average molecular weight is 177 g/mol. The summed E-state index contributed by atoms with van der Waals surface area (Å²) in [6, 6.07) is 7.81. The topological polar surface area (TPSA) is 35.2 Å². The lowest BCUT2D eigenvalue weighted by Gasteiger charge is -1.98. The fourth-order valence-electron chi connectivity index (χ4n) is 1.06. The van der Waals surface area contributed by atoms with E-state index < -0.39 is 0 Å². The summed E-state index contributed by atoms with van der Waals surface area (Å²) in [6.07, 6.45) is 5.01. The van der Waals surface area contributed by atoms with Crippen LogP contribution in [0.5, 0.6) is 0 Å². The van der Waals surface area contributed by atoms with E-state index in [9.17, 15) is 0 Å². The van der Waals surface area contributed by atoms with Crippen molar-refractivity contribution in [2.24, 2.45) is 0 Å². The molecule has 2 N–H and O–H groups in total. The highest BCUT2D eigenvalue weighted by Crippen LogP contribution is 2.12. The summed E-state index contributed by atoms with van der Waals surface area (Å²) < 4.78 is 4.93. The molecule has 0 fully saturated rings. The lowest BCUT2D eigenvalue weighted by molar-refractivity contribution is 0.204. The van der Waals surface area contributed by atoms with Crippen molar-refractivity contribution in [1.29, 1.82) is 0 Å². The molecule has 0 bridgehead atoms. The van der Waals surface area contributed by atoms with Gasteiger partial charge < -0.3 is 10.5 Å². The lowest BCUT2D eigenvalue weighted by Crippen LogP contribution is -1.88. The molecule has 0 radical (unpaired) electrons. The molecule has 1 aromatic carbocycles. The third kappa shape index (κ3) is 3.30. The Kier molecular flexibility index (Phi) is 4.06. The molecule has 0 aliphatic carbocycles. The van der Waals surface area contributed by atoms with Gasteiger partial charge in [-0.3, -0.25) is 0 Å². The van der Waals surface area contributed by atoms with Crippen LogP contribution in [0.4, 0.5) is 5.69 Å². The van der Waals surface area contributed by atoms with E-state index in [1.807, 2.05) is 30.3 Å². The predicted octanol–water partition coefficient (Wildman–Crippen LogP) is 2.32. The molecule has 2 heteroatoms. The van der Waals surface area contributed by atoms with Crippen LogP contribution in [0.3, 0.4) is 0 Å². The monoisotopic (exact) mass is 177 g/mol. The molecule has 2 nitrogen and oxygen atoms in total. The Labute approximate surface area is 79.0 Å². The van der Waals surface area contributed by atoms with Crippen molar-refractivity contribution in [3.8, 4) is 0 Å². The van der Waals surface area contributed by atoms with Gasteiger partial charge in [0.1, 0.15) is 0 Å². The predicted molar refractivity (Wildman–Crippen MR) is 56.4 cm³/mol. The van der Waals surface area contributed by atoms with Gasteiger partial charge in [-0.25, -0.2) is 0 Å². The van der Waals surface area contributed by atoms with Gasteiger partial charge >= 0.3 is 0 Å².